The first kappa shape index (κ1) is 17.8. The fourth-order valence-electron chi connectivity index (χ4n) is 2.69. The van der Waals surface area contributed by atoms with Crippen molar-refractivity contribution >= 4 is 5.97 Å². The van der Waals surface area contributed by atoms with Crippen molar-refractivity contribution in [3.8, 4) is 5.75 Å². The van der Waals surface area contributed by atoms with Crippen LogP contribution in [0.4, 0.5) is 0 Å². The largest absolute Gasteiger partial charge is 0.491 e. The molecule has 1 atom stereocenters. The molecule has 0 amide bonds. The van der Waals surface area contributed by atoms with Crippen LogP contribution in [0.25, 0.3) is 0 Å². The minimum absolute atomic E-state index is 0.255. The van der Waals surface area contributed by atoms with Gasteiger partial charge in [0.2, 0.25) is 0 Å². The molecular weight excluding hydrogens is 294 g/mol. The monoisotopic (exact) mass is 321 g/mol. The number of benzene rings is 1. The number of rotatable bonds is 7. The van der Waals surface area contributed by atoms with Crippen LogP contribution in [0.5, 0.6) is 5.75 Å². The van der Waals surface area contributed by atoms with Gasteiger partial charge in [-0.2, -0.15) is 0 Å². The highest BCUT2D eigenvalue weighted by Crippen LogP contribution is 2.17. The lowest BCUT2D eigenvalue weighted by atomic mass is 9.99. The van der Waals surface area contributed by atoms with Gasteiger partial charge in [-0.3, -0.25) is 0 Å². The smallest absolute Gasteiger partial charge is 0.338 e. The van der Waals surface area contributed by atoms with E-state index in [0.717, 1.165) is 19.0 Å². The number of piperidine rings is 1. The van der Waals surface area contributed by atoms with Crippen LogP contribution in [0.2, 0.25) is 0 Å². The Morgan fingerprint density at radius 2 is 1.96 bits per heavy atom. The molecule has 5 heteroatoms. The van der Waals surface area contributed by atoms with Crippen molar-refractivity contribution < 1.29 is 19.4 Å². The van der Waals surface area contributed by atoms with E-state index in [4.69, 9.17) is 9.47 Å². The van der Waals surface area contributed by atoms with E-state index in [-0.39, 0.29) is 12.6 Å². The summed E-state index contributed by atoms with van der Waals surface area (Å²) >= 11 is 0. The lowest BCUT2D eigenvalue weighted by molar-refractivity contribution is 0.0524. The predicted octanol–water partition coefficient (Wildman–Crippen LogP) is 2.33. The number of esters is 1. The van der Waals surface area contributed by atoms with Crippen molar-refractivity contribution in [2.45, 2.75) is 32.8 Å². The molecule has 0 aromatic heterocycles. The first-order chi connectivity index (χ1) is 11.1. The van der Waals surface area contributed by atoms with Gasteiger partial charge in [0.15, 0.2) is 0 Å². The van der Waals surface area contributed by atoms with Crippen LogP contribution in [-0.2, 0) is 4.74 Å². The third-order valence-electron chi connectivity index (χ3n) is 4.15. The molecule has 0 radical (unpaired) electrons. The second-order valence-corrected chi connectivity index (χ2v) is 6.19. The van der Waals surface area contributed by atoms with E-state index >= 15 is 0 Å². The molecule has 1 aliphatic heterocycles. The zero-order valence-electron chi connectivity index (χ0n) is 14.0. The molecule has 1 heterocycles. The van der Waals surface area contributed by atoms with Crippen molar-refractivity contribution in [1.29, 1.82) is 0 Å². The Kier molecular flexibility index (Phi) is 6.86. The van der Waals surface area contributed by atoms with Gasteiger partial charge in [-0.1, -0.05) is 6.92 Å². The molecule has 1 aliphatic rings. The summed E-state index contributed by atoms with van der Waals surface area (Å²) in [5.74, 6) is 1.10. The average Bonchev–Trinajstić information content (AvgIpc) is 2.56. The summed E-state index contributed by atoms with van der Waals surface area (Å²) in [6, 6.07) is 6.79. The molecule has 0 spiro atoms. The third kappa shape index (κ3) is 5.84. The lowest BCUT2D eigenvalue weighted by Crippen LogP contribution is -2.40. The predicted molar refractivity (Wildman–Crippen MR) is 88.7 cm³/mol. The van der Waals surface area contributed by atoms with E-state index in [1.54, 1.807) is 31.2 Å². The topological polar surface area (TPSA) is 59.0 Å². The average molecular weight is 321 g/mol. The summed E-state index contributed by atoms with van der Waals surface area (Å²) in [6.45, 7) is 7.41. The molecule has 128 valence electrons. The van der Waals surface area contributed by atoms with Crippen LogP contribution >= 0.6 is 0 Å². The number of aliphatic hydroxyl groups is 1. The SMILES string of the molecule is CCOC(=O)c1ccc(OCC(O)CN2CCC(C)CC2)cc1. The van der Waals surface area contributed by atoms with Crippen molar-refractivity contribution in [2.75, 3.05) is 32.8 Å². The van der Waals surface area contributed by atoms with E-state index in [1.165, 1.54) is 12.8 Å². The highest BCUT2D eigenvalue weighted by Gasteiger charge is 2.18. The van der Waals surface area contributed by atoms with Crippen molar-refractivity contribution in [2.24, 2.45) is 5.92 Å². The summed E-state index contributed by atoms with van der Waals surface area (Å²) in [5, 5.41) is 10.1. The van der Waals surface area contributed by atoms with Crippen molar-refractivity contribution in [3.05, 3.63) is 29.8 Å². The van der Waals surface area contributed by atoms with E-state index in [9.17, 15) is 9.90 Å². The van der Waals surface area contributed by atoms with Crippen LogP contribution < -0.4 is 4.74 Å². The minimum atomic E-state index is -0.506. The first-order valence-corrected chi connectivity index (χ1v) is 8.39. The number of nitrogens with zero attached hydrogens (tertiary/aromatic N) is 1. The maximum Gasteiger partial charge on any atom is 0.338 e. The van der Waals surface area contributed by atoms with Crippen LogP contribution in [0.15, 0.2) is 24.3 Å². The molecule has 0 bridgehead atoms. The Hall–Kier alpha value is -1.59. The minimum Gasteiger partial charge on any atom is -0.491 e. The van der Waals surface area contributed by atoms with Gasteiger partial charge in [0, 0.05) is 6.54 Å². The zero-order valence-corrected chi connectivity index (χ0v) is 14.0. The molecule has 1 saturated heterocycles. The maximum atomic E-state index is 11.6. The number of likely N-dealkylation sites (tertiary alicyclic amines) is 1. The number of aliphatic hydroxyl groups excluding tert-OH is 1. The summed E-state index contributed by atoms with van der Waals surface area (Å²) in [5.41, 5.74) is 0.502. The number of hydrogen-bond acceptors (Lipinski definition) is 5. The fraction of sp³-hybridized carbons (Fsp3) is 0.611. The van der Waals surface area contributed by atoms with Gasteiger partial charge in [-0.05, 0) is 63.0 Å². The number of carbonyl (C=O) groups excluding carboxylic acids is 1. The highest BCUT2D eigenvalue weighted by atomic mass is 16.5. The Balaban J connectivity index is 1.73. The molecule has 5 nitrogen and oxygen atoms in total. The molecule has 1 N–H and O–H groups in total. The quantitative estimate of drug-likeness (QED) is 0.781. The Labute approximate surface area is 138 Å². The molecule has 1 fully saturated rings. The van der Waals surface area contributed by atoms with Gasteiger partial charge in [0.25, 0.3) is 0 Å². The molecular formula is C18H27NO4. The van der Waals surface area contributed by atoms with E-state index in [2.05, 4.69) is 11.8 Å². The summed E-state index contributed by atoms with van der Waals surface area (Å²) in [6.07, 6.45) is 1.89. The molecule has 0 aliphatic carbocycles. The van der Waals surface area contributed by atoms with Gasteiger partial charge in [0.05, 0.1) is 12.2 Å². The summed E-state index contributed by atoms with van der Waals surface area (Å²) < 4.78 is 10.5. The zero-order chi connectivity index (χ0) is 16.7. The van der Waals surface area contributed by atoms with Gasteiger partial charge in [-0.15, -0.1) is 0 Å². The molecule has 1 unspecified atom stereocenters. The Bertz CT molecular complexity index is 480. The van der Waals surface area contributed by atoms with Gasteiger partial charge < -0.3 is 19.5 Å². The summed E-state index contributed by atoms with van der Waals surface area (Å²) in [7, 11) is 0. The van der Waals surface area contributed by atoms with Gasteiger partial charge in [-0.25, -0.2) is 4.79 Å². The van der Waals surface area contributed by atoms with Crippen molar-refractivity contribution in [3.63, 3.8) is 0 Å². The normalized spacial score (nSPS) is 17.7. The van der Waals surface area contributed by atoms with Gasteiger partial charge in [0.1, 0.15) is 18.5 Å². The maximum absolute atomic E-state index is 11.6. The van der Waals surface area contributed by atoms with E-state index in [0.29, 0.717) is 24.5 Å². The highest BCUT2D eigenvalue weighted by molar-refractivity contribution is 5.89. The lowest BCUT2D eigenvalue weighted by Gasteiger charge is -2.31. The fourth-order valence-corrected chi connectivity index (χ4v) is 2.69. The number of carbonyl (C=O) groups is 1. The van der Waals surface area contributed by atoms with Crippen LogP contribution in [0, 0.1) is 5.92 Å². The van der Waals surface area contributed by atoms with E-state index < -0.39 is 6.10 Å². The van der Waals surface area contributed by atoms with E-state index in [1.807, 2.05) is 0 Å². The Morgan fingerprint density at radius 3 is 2.57 bits per heavy atom. The van der Waals surface area contributed by atoms with Crippen LogP contribution in [-0.4, -0.2) is 54.9 Å². The number of β-amino-alcohol motifs (C(OH)–C–C–N with tert-alkyl or cyclic N) is 1. The van der Waals surface area contributed by atoms with Gasteiger partial charge >= 0.3 is 5.97 Å². The third-order valence-corrected chi connectivity index (χ3v) is 4.15. The number of ether oxygens (including phenoxy) is 2. The molecule has 23 heavy (non-hydrogen) atoms. The van der Waals surface area contributed by atoms with Crippen molar-refractivity contribution in [1.82, 2.24) is 4.90 Å². The second-order valence-electron chi connectivity index (χ2n) is 6.19. The standard InChI is InChI=1S/C18H27NO4/c1-3-22-18(21)15-4-6-17(7-5-15)23-13-16(20)12-19-10-8-14(2)9-11-19/h4-7,14,16,20H,3,8-13H2,1-2H3. The molecule has 2 rings (SSSR count). The molecule has 1 aromatic rings. The van der Waals surface area contributed by atoms with Crippen LogP contribution in [0.1, 0.15) is 37.0 Å². The number of hydrogen-bond donors (Lipinski definition) is 1. The second kappa shape index (κ2) is 8.89. The molecule has 1 aromatic carbocycles. The Morgan fingerprint density at radius 1 is 1.30 bits per heavy atom. The first-order valence-electron chi connectivity index (χ1n) is 8.39. The summed E-state index contributed by atoms with van der Waals surface area (Å²) in [4.78, 5) is 13.8. The van der Waals surface area contributed by atoms with Crippen LogP contribution in [0.3, 0.4) is 0 Å². The molecule has 0 saturated carbocycles.